The third-order valence-electron chi connectivity index (χ3n) is 2.86. The first kappa shape index (κ1) is 12.0. The number of aryl methyl sites for hydroxylation is 1. The minimum Gasteiger partial charge on any atom is -0.377 e. The Morgan fingerprint density at radius 3 is 3.12 bits per heavy atom. The Morgan fingerprint density at radius 2 is 2.41 bits per heavy atom. The summed E-state index contributed by atoms with van der Waals surface area (Å²) in [5.74, 6) is 1.82. The maximum absolute atomic E-state index is 11.4. The summed E-state index contributed by atoms with van der Waals surface area (Å²) in [5, 5.41) is 6.93. The van der Waals surface area contributed by atoms with Gasteiger partial charge in [-0.15, -0.1) is 0 Å². The molecule has 17 heavy (non-hydrogen) atoms. The number of hydrogen-bond acceptors (Lipinski definition) is 4. The molecule has 6 nitrogen and oxygen atoms in total. The summed E-state index contributed by atoms with van der Waals surface area (Å²) in [6.45, 7) is 2.17. The number of nitrogens with one attached hydrogen (secondary N) is 1. The fourth-order valence-electron chi connectivity index (χ4n) is 2.02. The molecule has 6 heteroatoms. The second-order valence-corrected chi connectivity index (χ2v) is 4.22. The molecule has 0 unspecified atom stereocenters. The number of nitrogens with zero attached hydrogens (tertiary/aromatic N) is 3. The predicted octanol–water partition coefficient (Wildman–Crippen LogP) is 0.506. The molecular weight excluding hydrogens is 220 g/mol. The third-order valence-corrected chi connectivity index (χ3v) is 2.86. The summed E-state index contributed by atoms with van der Waals surface area (Å²) >= 11 is 0. The van der Waals surface area contributed by atoms with E-state index in [1.54, 1.807) is 7.11 Å². The zero-order valence-corrected chi connectivity index (χ0v) is 10.1. The number of H-pyrrole nitrogens is 1. The van der Waals surface area contributed by atoms with Crippen molar-refractivity contribution >= 4 is 5.91 Å². The number of ether oxygens (including phenoxy) is 1. The Balaban J connectivity index is 1.72. The van der Waals surface area contributed by atoms with Gasteiger partial charge in [-0.25, -0.2) is 4.98 Å². The number of aromatic amines is 1. The van der Waals surface area contributed by atoms with E-state index in [0.29, 0.717) is 13.0 Å². The van der Waals surface area contributed by atoms with Crippen LogP contribution in [0.4, 0.5) is 0 Å². The van der Waals surface area contributed by atoms with Gasteiger partial charge in [-0.3, -0.25) is 9.89 Å². The van der Waals surface area contributed by atoms with Crippen LogP contribution in [-0.2, 0) is 22.6 Å². The minimum atomic E-state index is 0.278. The highest BCUT2D eigenvalue weighted by atomic mass is 16.5. The lowest BCUT2D eigenvalue weighted by Crippen LogP contribution is -2.25. The quantitative estimate of drug-likeness (QED) is 0.783. The topological polar surface area (TPSA) is 71.1 Å². The standard InChI is InChI=1S/C11H18N4O2/c1-17-8-10-12-9(13-14-10)4-2-6-15-7-3-5-11(15)16/h2-8H2,1H3,(H,12,13,14). The summed E-state index contributed by atoms with van der Waals surface area (Å²) in [4.78, 5) is 17.6. The summed E-state index contributed by atoms with van der Waals surface area (Å²) in [6.07, 6.45) is 3.41. The van der Waals surface area contributed by atoms with E-state index in [4.69, 9.17) is 4.74 Å². The van der Waals surface area contributed by atoms with E-state index in [1.165, 1.54) is 0 Å². The number of rotatable bonds is 6. The highest BCUT2D eigenvalue weighted by Crippen LogP contribution is 2.10. The SMILES string of the molecule is COCc1nc(CCCN2CCCC2=O)n[nH]1. The average Bonchev–Trinajstić information content (AvgIpc) is 2.90. The molecule has 1 aliphatic heterocycles. The monoisotopic (exact) mass is 238 g/mol. The molecule has 1 aliphatic rings. The molecule has 0 bridgehead atoms. The zero-order valence-electron chi connectivity index (χ0n) is 10.1. The Kier molecular flexibility index (Phi) is 4.08. The maximum atomic E-state index is 11.4. The van der Waals surface area contributed by atoms with Crippen molar-refractivity contribution < 1.29 is 9.53 Å². The Hall–Kier alpha value is -1.43. The van der Waals surface area contributed by atoms with Gasteiger partial charge in [-0.1, -0.05) is 0 Å². The van der Waals surface area contributed by atoms with Gasteiger partial charge < -0.3 is 9.64 Å². The second-order valence-electron chi connectivity index (χ2n) is 4.22. The first-order valence-electron chi connectivity index (χ1n) is 5.96. The van der Waals surface area contributed by atoms with Crippen molar-refractivity contribution in [2.75, 3.05) is 20.2 Å². The van der Waals surface area contributed by atoms with Crippen LogP contribution in [0.1, 0.15) is 30.9 Å². The predicted molar refractivity (Wildman–Crippen MR) is 61.2 cm³/mol. The zero-order chi connectivity index (χ0) is 12.1. The molecule has 0 aliphatic carbocycles. The number of methoxy groups -OCH3 is 1. The molecule has 1 amide bonds. The second kappa shape index (κ2) is 5.77. The van der Waals surface area contributed by atoms with Crippen LogP contribution < -0.4 is 0 Å². The first-order valence-corrected chi connectivity index (χ1v) is 5.96. The molecular formula is C11H18N4O2. The number of likely N-dealkylation sites (tertiary alicyclic amines) is 1. The fourth-order valence-corrected chi connectivity index (χ4v) is 2.02. The van der Waals surface area contributed by atoms with E-state index in [-0.39, 0.29) is 5.91 Å². The van der Waals surface area contributed by atoms with Crippen LogP contribution in [0.15, 0.2) is 0 Å². The largest absolute Gasteiger partial charge is 0.377 e. The molecule has 94 valence electrons. The van der Waals surface area contributed by atoms with Crippen molar-refractivity contribution in [1.29, 1.82) is 0 Å². The van der Waals surface area contributed by atoms with Gasteiger partial charge in [0.05, 0.1) is 0 Å². The molecule has 1 saturated heterocycles. The van der Waals surface area contributed by atoms with E-state index in [1.807, 2.05) is 4.90 Å². The summed E-state index contributed by atoms with van der Waals surface area (Å²) in [6, 6.07) is 0. The van der Waals surface area contributed by atoms with Crippen LogP contribution in [0.2, 0.25) is 0 Å². The maximum Gasteiger partial charge on any atom is 0.222 e. The van der Waals surface area contributed by atoms with Gasteiger partial charge in [0.2, 0.25) is 5.91 Å². The van der Waals surface area contributed by atoms with E-state index in [2.05, 4.69) is 15.2 Å². The van der Waals surface area contributed by atoms with E-state index < -0.39 is 0 Å². The first-order chi connectivity index (χ1) is 8.29. The molecule has 0 spiro atoms. The van der Waals surface area contributed by atoms with Crippen molar-refractivity contribution in [3.05, 3.63) is 11.6 Å². The van der Waals surface area contributed by atoms with Crippen molar-refractivity contribution in [2.24, 2.45) is 0 Å². The molecule has 1 aromatic heterocycles. The lowest BCUT2D eigenvalue weighted by molar-refractivity contribution is -0.127. The molecule has 2 rings (SSSR count). The number of aromatic nitrogens is 3. The Labute approximate surface area is 100 Å². The van der Waals surface area contributed by atoms with Gasteiger partial charge in [0.15, 0.2) is 11.6 Å². The van der Waals surface area contributed by atoms with Crippen molar-refractivity contribution in [3.8, 4) is 0 Å². The van der Waals surface area contributed by atoms with Crippen molar-refractivity contribution in [1.82, 2.24) is 20.1 Å². The highest BCUT2D eigenvalue weighted by molar-refractivity contribution is 5.77. The van der Waals surface area contributed by atoms with E-state index in [9.17, 15) is 4.79 Å². The van der Waals surface area contributed by atoms with E-state index in [0.717, 1.165) is 44.0 Å². The number of carbonyl (C=O) groups excluding carboxylic acids is 1. The third kappa shape index (κ3) is 3.26. The molecule has 0 aromatic carbocycles. The molecule has 0 saturated carbocycles. The molecule has 0 radical (unpaired) electrons. The van der Waals surface area contributed by atoms with Gasteiger partial charge in [0, 0.05) is 33.0 Å². The number of carbonyl (C=O) groups is 1. The molecule has 1 N–H and O–H groups in total. The highest BCUT2D eigenvalue weighted by Gasteiger charge is 2.19. The summed E-state index contributed by atoms with van der Waals surface area (Å²) < 4.78 is 4.95. The van der Waals surface area contributed by atoms with Gasteiger partial charge in [0.25, 0.3) is 0 Å². The van der Waals surface area contributed by atoms with Crippen molar-refractivity contribution in [2.45, 2.75) is 32.3 Å². The normalized spacial score (nSPS) is 15.8. The lowest BCUT2D eigenvalue weighted by atomic mass is 10.3. The smallest absolute Gasteiger partial charge is 0.222 e. The van der Waals surface area contributed by atoms with Crippen LogP contribution in [-0.4, -0.2) is 46.2 Å². The number of amides is 1. The van der Waals surface area contributed by atoms with Gasteiger partial charge in [0.1, 0.15) is 6.61 Å². The Morgan fingerprint density at radius 1 is 1.53 bits per heavy atom. The molecule has 0 atom stereocenters. The Bertz CT molecular complexity index is 377. The van der Waals surface area contributed by atoms with Gasteiger partial charge in [-0.05, 0) is 12.8 Å². The van der Waals surface area contributed by atoms with E-state index >= 15 is 0 Å². The van der Waals surface area contributed by atoms with Crippen LogP contribution in [0.3, 0.4) is 0 Å². The van der Waals surface area contributed by atoms with Crippen LogP contribution in [0.5, 0.6) is 0 Å². The molecule has 1 aromatic rings. The molecule has 1 fully saturated rings. The minimum absolute atomic E-state index is 0.278. The molecule has 2 heterocycles. The fraction of sp³-hybridized carbons (Fsp3) is 0.727. The van der Waals surface area contributed by atoms with Gasteiger partial charge >= 0.3 is 0 Å². The van der Waals surface area contributed by atoms with Crippen LogP contribution in [0.25, 0.3) is 0 Å². The van der Waals surface area contributed by atoms with Crippen LogP contribution >= 0.6 is 0 Å². The summed E-state index contributed by atoms with van der Waals surface area (Å²) in [5.41, 5.74) is 0. The average molecular weight is 238 g/mol. The lowest BCUT2D eigenvalue weighted by Gasteiger charge is -2.14. The number of hydrogen-bond donors (Lipinski definition) is 1. The van der Waals surface area contributed by atoms with Crippen LogP contribution in [0, 0.1) is 0 Å². The van der Waals surface area contributed by atoms with Crippen molar-refractivity contribution in [3.63, 3.8) is 0 Å². The summed E-state index contributed by atoms with van der Waals surface area (Å²) in [7, 11) is 1.63. The van der Waals surface area contributed by atoms with Gasteiger partial charge in [-0.2, -0.15) is 5.10 Å².